The zero-order valence-corrected chi connectivity index (χ0v) is 10.1. The minimum atomic E-state index is 0.359. The first kappa shape index (κ1) is 10.5. The summed E-state index contributed by atoms with van der Waals surface area (Å²) in [5, 5.41) is 0. The molecule has 2 aliphatic carbocycles. The molecule has 0 N–H and O–H groups in total. The van der Waals surface area contributed by atoms with E-state index in [1.54, 1.807) is 0 Å². The molecular formula is C16H16O. The highest BCUT2D eigenvalue weighted by molar-refractivity contribution is 5.86. The molecular weight excluding hydrogens is 208 g/mol. The van der Waals surface area contributed by atoms with Gasteiger partial charge in [-0.25, -0.2) is 0 Å². The number of hydrogen-bond donors (Lipinski definition) is 0. The summed E-state index contributed by atoms with van der Waals surface area (Å²) >= 11 is 0. The minimum Gasteiger partial charge on any atom is -0.299 e. The largest absolute Gasteiger partial charge is 0.299 e. The summed E-state index contributed by atoms with van der Waals surface area (Å²) in [6, 6.07) is 4.27. The van der Waals surface area contributed by atoms with E-state index in [9.17, 15) is 4.79 Å². The lowest BCUT2D eigenvalue weighted by Crippen LogP contribution is -2.18. The average molecular weight is 224 g/mol. The summed E-state index contributed by atoms with van der Waals surface area (Å²) < 4.78 is 0. The van der Waals surface area contributed by atoms with Crippen molar-refractivity contribution in [2.75, 3.05) is 0 Å². The summed E-state index contributed by atoms with van der Waals surface area (Å²) in [6.45, 7) is 2.17. The maximum Gasteiger partial charge on any atom is 0.137 e. The fourth-order valence-electron chi connectivity index (χ4n) is 2.95. The van der Waals surface area contributed by atoms with E-state index in [4.69, 9.17) is 0 Å². The number of ketones is 1. The molecule has 0 aromatic heterocycles. The summed E-state index contributed by atoms with van der Waals surface area (Å²) in [7, 11) is 0. The summed E-state index contributed by atoms with van der Waals surface area (Å²) in [6.07, 6.45) is 11.1. The lowest BCUT2D eigenvalue weighted by atomic mass is 9.79. The van der Waals surface area contributed by atoms with Crippen molar-refractivity contribution >= 4 is 17.9 Å². The molecule has 0 saturated heterocycles. The van der Waals surface area contributed by atoms with Gasteiger partial charge in [-0.2, -0.15) is 0 Å². The number of fused-ring (bicyclic) bond motifs is 3. The molecule has 2 aliphatic rings. The van der Waals surface area contributed by atoms with Crippen molar-refractivity contribution in [2.45, 2.75) is 32.1 Å². The quantitative estimate of drug-likeness (QED) is 0.656. The van der Waals surface area contributed by atoms with Gasteiger partial charge < -0.3 is 0 Å². The van der Waals surface area contributed by atoms with Gasteiger partial charge in [-0.1, -0.05) is 43.4 Å². The van der Waals surface area contributed by atoms with Crippen molar-refractivity contribution in [2.24, 2.45) is 0 Å². The zero-order chi connectivity index (χ0) is 11.8. The summed E-state index contributed by atoms with van der Waals surface area (Å²) in [5.74, 6) is 0.732. The first-order valence-electron chi connectivity index (χ1n) is 6.26. The average Bonchev–Trinajstić information content (AvgIpc) is 2.52. The van der Waals surface area contributed by atoms with Crippen LogP contribution in [0, 0.1) is 0 Å². The number of carbonyl (C=O) groups is 1. The van der Waals surface area contributed by atoms with E-state index in [0.717, 1.165) is 6.42 Å². The van der Waals surface area contributed by atoms with E-state index < -0.39 is 0 Å². The van der Waals surface area contributed by atoms with Crippen molar-refractivity contribution in [3.63, 3.8) is 0 Å². The van der Waals surface area contributed by atoms with Crippen LogP contribution >= 0.6 is 0 Å². The second kappa shape index (κ2) is 3.99. The molecule has 0 aliphatic heterocycles. The third-order valence-corrected chi connectivity index (χ3v) is 3.68. The molecule has 17 heavy (non-hydrogen) atoms. The summed E-state index contributed by atoms with van der Waals surface area (Å²) in [5.41, 5.74) is 5.24. The predicted molar refractivity (Wildman–Crippen MR) is 70.9 cm³/mol. The lowest BCUT2D eigenvalue weighted by Gasteiger charge is -2.24. The van der Waals surface area contributed by atoms with Gasteiger partial charge in [-0.3, -0.25) is 4.79 Å². The number of hydrogen-bond acceptors (Lipinski definition) is 1. The third kappa shape index (κ3) is 1.76. The van der Waals surface area contributed by atoms with Crippen LogP contribution in [-0.4, -0.2) is 5.78 Å². The van der Waals surface area contributed by atoms with Gasteiger partial charge in [0.2, 0.25) is 0 Å². The molecule has 1 heteroatoms. The molecule has 0 amide bonds. The van der Waals surface area contributed by atoms with Gasteiger partial charge >= 0.3 is 0 Å². The van der Waals surface area contributed by atoms with E-state index in [1.165, 1.54) is 22.3 Å². The molecule has 1 aromatic rings. The number of benzene rings is 1. The van der Waals surface area contributed by atoms with Crippen molar-refractivity contribution in [1.82, 2.24) is 0 Å². The maximum atomic E-state index is 11.6. The fourth-order valence-corrected chi connectivity index (χ4v) is 2.95. The number of carbonyl (C=O) groups excluding carboxylic acids is 1. The van der Waals surface area contributed by atoms with Crippen molar-refractivity contribution < 1.29 is 4.79 Å². The van der Waals surface area contributed by atoms with Crippen LogP contribution in [0.5, 0.6) is 0 Å². The van der Waals surface area contributed by atoms with E-state index in [-0.39, 0.29) is 0 Å². The predicted octanol–water partition coefficient (Wildman–Crippen LogP) is 3.74. The van der Waals surface area contributed by atoms with Gasteiger partial charge in [-0.05, 0) is 34.6 Å². The Morgan fingerprint density at radius 2 is 2.00 bits per heavy atom. The van der Waals surface area contributed by atoms with E-state index in [0.29, 0.717) is 24.5 Å². The Morgan fingerprint density at radius 3 is 2.88 bits per heavy atom. The van der Waals surface area contributed by atoms with Crippen LogP contribution in [0.25, 0.3) is 12.2 Å². The molecule has 0 fully saturated rings. The van der Waals surface area contributed by atoms with Gasteiger partial charge in [0.05, 0.1) is 0 Å². The van der Waals surface area contributed by atoms with Crippen molar-refractivity contribution in [3.05, 3.63) is 46.5 Å². The van der Waals surface area contributed by atoms with E-state index in [2.05, 4.69) is 43.4 Å². The molecule has 1 atom stereocenters. The van der Waals surface area contributed by atoms with Gasteiger partial charge in [0.15, 0.2) is 0 Å². The highest BCUT2D eigenvalue weighted by Crippen LogP contribution is 2.35. The topological polar surface area (TPSA) is 17.1 Å². The van der Waals surface area contributed by atoms with Crippen LogP contribution in [0.15, 0.2) is 24.3 Å². The number of allylic oxidation sites excluding steroid dienone is 2. The Morgan fingerprint density at radius 1 is 1.18 bits per heavy atom. The van der Waals surface area contributed by atoms with Gasteiger partial charge in [0, 0.05) is 12.8 Å². The molecule has 1 unspecified atom stereocenters. The second-order valence-corrected chi connectivity index (χ2v) is 5.00. The Kier molecular flexibility index (Phi) is 2.47. The first-order chi connectivity index (χ1) is 8.25. The Bertz CT molecular complexity index is 535. The van der Waals surface area contributed by atoms with Crippen LogP contribution < -0.4 is 0 Å². The molecule has 0 spiro atoms. The number of rotatable bonds is 0. The highest BCUT2D eigenvalue weighted by Gasteiger charge is 2.24. The zero-order valence-electron chi connectivity index (χ0n) is 10.1. The molecule has 1 nitrogen and oxygen atoms in total. The van der Waals surface area contributed by atoms with Crippen LogP contribution in [-0.2, 0) is 11.2 Å². The molecule has 86 valence electrons. The van der Waals surface area contributed by atoms with Crippen molar-refractivity contribution in [1.29, 1.82) is 0 Å². The monoisotopic (exact) mass is 224 g/mol. The van der Waals surface area contributed by atoms with E-state index in [1.807, 2.05) is 0 Å². The Balaban J connectivity index is 2.23. The Hall–Kier alpha value is -1.63. The minimum absolute atomic E-state index is 0.359. The molecule has 0 radical (unpaired) electrons. The molecule has 1 aromatic carbocycles. The maximum absolute atomic E-state index is 11.6. The third-order valence-electron chi connectivity index (χ3n) is 3.68. The van der Waals surface area contributed by atoms with Crippen LogP contribution in [0.2, 0.25) is 0 Å². The second-order valence-electron chi connectivity index (χ2n) is 5.00. The SMILES string of the molecule is CC1CC(=O)Cc2ccc3c(c21)C=CCC=C3. The number of Topliss-reactive ketones (excluding diaryl/α,β-unsaturated/α-hetero) is 1. The molecule has 0 saturated carbocycles. The first-order valence-corrected chi connectivity index (χ1v) is 6.26. The fraction of sp³-hybridized carbons (Fsp3) is 0.312. The lowest BCUT2D eigenvalue weighted by molar-refractivity contribution is -0.119. The van der Waals surface area contributed by atoms with Gasteiger partial charge in [-0.15, -0.1) is 0 Å². The normalized spacial score (nSPS) is 21.9. The summed E-state index contributed by atoms with van der Waals surface area (Å²) in [4.78, 5) is 11.6. The standard InChI is InChI=1S/C16H16O/c1-11-9-14(17)10-13-8-7-12-5-3-2-4-6-15(12)16(11)13/h3-8,11H,2,9-10H2,1H3. The molecule has 0 bridgehead atoms. The molecule has 0 heterocycles. The van der Waals surface area contributed by atoms with Gasteiger partial charge in [0.25, 0.3) is 0 Å². The van der Waals surface area contributed by atoms with Crippen molar-refractivity contribution in [3.8, 4) is 0 Å². The van der Waals surface area contributed by atoms with Crippen LogP contribution in [0.1, 0.15) is 47.9 Å². The van der Waals surface area contributed by atoms with E-state index >= 15 is 0 Å². The van der Waals surface area contributed by atoms with Gasteiger partial charge in [0.1, 0.15) is 5.78 Å². The van der Waals surface area contributed by atoms with Crippen LogP contribution in [0.3, 0.4) is 0 Å². The smallest absolute Gasteiger partial charge is 0.137 e. The Labute approximate surface area is 102 Å². The highest BCUT2D eigenvalue weighted by atomic mass is 16.1. The molecule has 3 rings (SSSR count). The van der Waals surface area contributed by atoms with Crippen LogP contribution in [0.4, 0.5) is 0 Å².